The Morgan fingerprint density at radius 2 is 1.81 bits per heavy atom. The minimum atomic E-state index is -0.587. The van der Waals surface area contributed by atoms with E-state index >= 15 is 0 Å². The summed E-state index contributed by atoms with van der Waals surface area (Å²) in [5.74, 6) is 0.232. The van der Waals surface area contributed by atoms with Gasteiger partial charge in [0.2, 0.25) is 5.91 Å². The third kappa shape index (κ3) is 2.38. The average molecular weight is 226 g/mol. The van der Waals surface area contributed by atoms with Crippen LogP contribution in [0.3, 0.4) is 0 Å². The van der Waals surface area contributed by atoms with E-state index in [4.69, 9.17) is 0 Å². The maximum atomic E-state index is 12.1. The van der Waals surface area contributed by atoms with E-state index in [0.717, 1.165) is 25.9 Å². The van der Waals surface area contributed by atoms with Gasteiger partial charge in [0.05, 0.1) is 11.6 Å². The molecule has 2 saturated heterocycles. The van der Waals surface area contributed by atoms with Crippen LogP contribution in [0.25, 0.3) is 0 Å². The number of nitrogens with zero attached hydrogens (tertiary/aromatic N) is 2. The Hall–Kier alpha value is -0.610. The number of rotatable bonds is 2. The number of carbonyl (C=O) groups is 1. The molecule has 2 aliphatic heterocycles. The summed E-state index contributed by atoms with van der Waals surface area (Å²) in [7, 11) is 0. The third-order valence-corrected chi connectivity index (χ3v) is 3.66. The lowest BCUT2D eigenvalue weighted by molar-refractivity contribution is -0.148. The van der Waals surface area contributed by atoms with Gasteiger partial charge in [0.1, 0.15) is 0 Å². The van der Waals surface area contributed by atoms with Crippen LogP contribution in [0.1, 0.15) is 33.1 Å². The molecule has 0 spiro atoms. The van der Waals surface area contributed by atoms with Crippen molar-refractivity contribution in [1.82, 2.24) is 9.80 Å². The summed E-state index contributed by atoms with van der Waals surface area (Å²) in [6.07, 6.45) is 3.52. The summed E-state index contributed by atoms with van der Waals surface area (Å²) < 4.78 is 0. The lowest BCUT2D eigenvalue weighted by Gasteiger charge is -2.47. The molecule has 0 saturated carbocycles. The monoisotopic (exact) mass is 226 g/mol. The number of piperidine rings is 1. The van der Waals surface area contributed by atoms with Gasteiger partial charge in [0.15, 0.2) is 0 Å². The number of carbonyl (C=O) groups excluding carboxylic acids is 1. The fourth-order valence-corrected chi connectivity index (χ4v) is 2.64. The van der Waals surface area contributed by atoms with Crippen LogP contribution in [0, 0.1) is 0 Å². The molecule has 2 aliphatic rings. The number of hydrogen-bond donors (Lipinski definition) is 1. The molecule has 0 aliphatic carbocycles. The van der Waals surface area contributed by atoms with E-state index in [-0.39, 0.29) is 11.9 Å². The second kappa shape index (κ2) is 4.34. The van der Waals surface area contributed by atoms with Gasteiger partial charge in [0, 0.05) is 26.2 Å². The average Bonchev–Trinajstić information content (AvgIpc) is 2.25. The molecule has 0 aromatic rings. The number of aliphatic hydroxyl groups is 1. The van der Waals surface area contributed by atoms with Crippen LogP contribution in [0.2, 0.25) is 0 Å². The Balaban J connectivity index is 1.85. The largest absolute Gasteiger partial charge is 0.388 e. The molecule has 2 fully saturated rings. The Labute approximate surface area is 97.2 Å². The van der Waals surface area contributed by atoms with Crippen LogP contribution >= 0.6 is 0 Å². The molecule has 2 heterocycles. The van der Waals surface area contributed by atoms with E-state index in [1.54, 1.807) is 0 Å². The Morgan fingerprint density at radius 1 is 1.25 bits per heavy atom. The predicted molar refractivity (Wildman–Crippen MR) is 62.1 cm³/mol. The molecular weight excluding hydrogens is 204 g/mol. The fraction of sp³-hybridized carbons (Fsp3) is 0.917. The number of amides is 1. The van der Waals surface area contributed by atoms with Crippen molar-refractivity contribution in [2.24, 2.45) is 0 Å². The standard InChI is InChI=1S/C12H22N2O2/c1-10(14-8-12(2,16)9-14)11(15)13-6-4-3-5-7-13/h10,16H,3-9H2,1-2H3. The van der Waals surface area contributed by atoms with Gasteiger partial charge in [0.25, 0.3) is 0 Å². The molecule has 0 bridgehead atoms. The summed E-state index contributed by atoms with van der Waals surface area (Å²) >= 11 is 0. The SMILES string of the molecule is CC(C(=O)N1CCCCC1)N1CC(C)(O)C1. The highest BCUT2D eigenvalue weighted by Gasteiger charge is 2.41. The molecule has 2 rings (SSSR count). The van der Waals surface area contributed by atoms with Crippen molar-refractivity contribution in [2.75, 3.05) is 26.2 Å². The van der Waals surface area contributed by atoms with Crippen LogP contribution in [-0.4, -0.2) is 58.6 Å². The molecule has 1 N–H and O–H groups in total. The van der Waals surface area contributed by atoms with Gasteiger partial charge in [-0.25, -0.2) is 0 Å². The topological polar surface area (TPSA) is 43.8 Å². The van der Waals surface area contributed by atoms with Crippen LogP contribution < -0.4 is 0 Å². The van der Waals surface area contributed by atoms with E-state index in [1.807, 2.05) is 18.7 Å². The highest BCUT2D eigenvalue weighted by atomic mass is 16.3. The van der Waals surface area contributed by atoms with E-state index in [1.165, 1.54) is 6.42 Å². The number of hydrogen-bond acceptors (Lipinski definition) is 3. The second-order valence-electron chi connectivity index (χ2n) is 5.46. The first-order valence-corrected chi connectivity index (χ1v) is 6.25. The first-order chi connectivity index (χ1) is 7.49. The quantitative estimate of drug-likeness (QED) is 0.743. The van der Waals surface area contributed by atoms with Gasteiger partial charge in [-0.1, -0.05) is 0 Å². The zero-order valence-corrected chi connectivity index (χ0v) is 10.3. The van der Waals surface area contributed by atoms with Gasteiger partial charge in [-0.05, 0) is 33.1 Å². The Kier molecular flexibility index (Phi) is 3.22. The summed E-state index contributed by atoms with van der Waals surface area (Å²) in [5.41, 5.74) is -0.587. The van der Waals surface area contributed by atoms with Gasteiger partial charge in [-0.3, -0.25) is 9.69 Å². The van der Waals surface area contributed by atoms with Gasteiger partial charge in [-0.2, -0.15) is 0 Å². The Bertz CT molecular complexity index is 264. The maximum absolute atomic E-state index is 12.1. The van der Waals surface area contributed by atoms with Crippen molar-refractivity contribution in [3.8, 4) is 0 Å². The van der Waals surface area contributed by atoms with Crippen LogP contribution in [0.15, 0.2) is 0 Å². The summed E-state index contributed by atoms with van der Waals surface area (Å²) in [4.78, 5) is 16.2. The van der Waals surface area contributed by atoms with Crippen LogP contribution in [-0.2, 0) is 4.79 Å². The number of likely N-dealkylation sites (tertiary alicyclic amines) is 2. The highest BCUT2D eigenvalue weighted by Crippen LogP contribution is 2.23. The highest BCUT2D eigenvalue weighted by molar-refractivity contribution is 5.81. The lowest BCUT2D eigenvalue weighted by Crippen LogP contribution is -2.65. The van der Waals surface area contributed by atoms with Crippen molar-refractivity contribution in [3.05, 3.63) is 0 Å². The molecular formula is C12H22N2O2. The molecule has 92 valence electrons. The molecule has 16 heavy (non-hydrogen) atoms. The molecule has 4 nitrogen and oxygen atoms in total. The zero-order valence-electron chi connectivity index (χ0n) is 10.3. The van der Waals surface area contributed by atoms with Crippen molar-refractivity contribution in [1.29, 1.82) is 0 Å². The third-order valence-electron chi connectivity index (χ3n) is 3.66. The molecule has 1 atom stereocenters. The predicted octanol–water partition coefficient (Wildman–Crippen LogP) is 0.454. The molecule has 0 aromatic carbocycles. The lowest BCUT2D eigenvalue weighted by atomic mass is 9.94. The van der Waals surface area contributed by atoms with Crippen molar-refractivity contribution in [3.63, 3.8) is 0 Å². The Morgan fingerprint density at radius 3 is 2.31 bits per heavy atom. The summed E-state index contributed by atoms with van der Waals surface area (Å²) in [5, 5.41) is 9.66. The molecule has 0 radical (unpaired) electrons. The smallest absolute Gasteiger partial charge is 0.239 e. The maximum Gasteiger partial charge on any atom is 0.239 e. The van der Waals surface area contributed by atoms with E-state index < -0.39 is 5.60 Å². The van der Waals surface area contributed by atoms with E-state index in [2.05, 4.69) is 4.90 Å². The van der Waals surface area contributed by atoms with Gasteiger partial charge in [-0.15, -0.1) is 0 Å². The fourth-order valence-electron chi connectivity index (χ4n) is 2.64. The summed E-state index contributed by atoms with van der Waals surface area (Å²) in [6, 6.07) is -0.0710. The molecule has 4 heteroatoms. The summed E-state index contributed by atoms with van der Waals surface area (Å²) in [6.45, 7) is 6.83. The molecule has 0 aromatic heterocycles. The van der Waals surface area contributed by atoms with Gasteiger partial charge < -0.3 is 10.0 Å². The second-order valence-corrected chi connectivity index (χ2v) is 5.46. The normalized spacial score (nSPS) is 27.3. The van der Waals surface area contributed by atoms with Crippen molar-refractivity contribution in [2.45, 2.75) is 44.8 Å². The minimum Gasteiger partial charge on any atom is -0.388 e. The zero-order chi connectivity index (χ0) is 11.8. The number of β-amino-alcohol motifs (C(OH)–C–C–N with tert-alkyl or cyclic N) is 1. The molecule has 1 unspecified atom stereocenters. The van der Waals surface area contributed by atoms with Crippen LogP contribution in [0.4, 0.5) is 0 Å². The van der Waals surface area contributed by atoms with Crippen molar-refractivity contribution >= 4 is 5.91 Å². The van der Waals surface area contributed by atoms with Crippen molar-refractivity contribution < 1.29 is 9.90 Å². The van der Waals surface area contributed by atoms with Gasteiger partial charge >= 0.3 is 0 Å². The van der Waals surface area contributed by atoms with E-state index in [9.17, 15) is 9.90 Å². The first kappa shape index (κ1) is 11.9. The first-order valence-electron chi connectivity index (χ1n) is 6.25. The molecule has 1 amide bonds. The van der Waals surface area contributed by atoms with E-state index in [0.29, 0.717) is 13.1 Å². The minimum absolute atomic E-state index is 0.0710. The van der Waals surface area contributed by atoms with Crippen LogP contribution in [0.5, 0.6) is 0 Å².